The normalized spacial score (nSPS) is 10.9. The predicted molar refractivity (Wildman–Crippen MR) is 89.7 cm³/mol. The number of nitrogens with zero attached hydrogens (tertiary/aromatic N) is 1. The molecule has 1 aromatic heterocycles. The van der Waals surface area contributed by atoms with Crippen LogP contribution >= 0.6 is 15.9 Å². The molecular weight excluding hydrogens is 328 g/mol. The molecule has 0 aliphatic carbocycles. The molecule has 1 aromatic carbocycles. The topological polar surface area (TPSA) is 34.1 Å². The first kappa shape index (κ1) is 16.0. The van der Waals surface area contributed by atoms with E-state index >= 15 is 0 Å². The molecule has 2 rings (SSSR count). The first-order valence-electron chi connectivity index (χ1n) is 7.15. The van der Waals surface area contributed by atoms with Crippen LogP contribution < -0.4 is 10.1 Å². The summed E-state index contributed by atoms with van der Waals surface area (Å²) in [4.78, 5) is 4.36. The van der Waals surface area contributed by atoms with E-state index in [1.807, 2.05) is 37.3 Å². The Morgan fingerprint density at radius 2 is 2.10 bits per heavy atom. The highest BCUT2D eigenvalue weighted by molar-refractivity contribution is 9.10. The second-order valence-electron chi connectivity index (χ2n) is 5.50. The van der Waals surface area contributed by atoms with Gasteiger partial charge in [0.25, 0.3) is 0 Å². The van der Waals surface area contributed by atoms with Crippen LogP contribution in [-0.4, -0.2) is 11.5 Å². The van der Waals surface area contributed by atoms with Gasteiger partial charge in [0.2, 0.25) is 5.88 Å². The van der Waals surface area contributed by atoms with Gasteiger partial charge in [0, 0.05) is 22.8 Å². The SMILES string of the molecule is Cc1ccc(Br)cc1Oc1ncccc1CNCC(C)C. The molecule has 0 atom stereocenters. The van der Waals surface area contributed by atoms with Gasteiger partial charge in [-0.15, -0.1) is 0 Å². The van der Waals surface area contributed by atoms with Crippen LogP contribution in [0.2, 0.25) is 0 Å². The molecule has 21 heavy (non-hydrogen) atoms. The number of benzene rings is 1. The summed E-state index contributed by atoms with van der Waals surface area (Å²) >= 11 is 3.47. The standard InChI is InChI=1S/C17H21BrN2O/c1-12(2)10-19-11-14-5-4-8-20-17(14)21-16-9-15(18)7-6-13(16)3/h4-9,12,19H,10-11H2,1-3H3. The number of hydrogen-bond acceptors (Lipinski definition) is 3. The van der Waals surface area contributed by atoms with Gasteiger partial charge in [0.1, 0.15) is 5.75 Å². The van der Waals surface area contributed by atoms with Crippen LogP contribution in [-0.2, 0) is 6.54 Å². The van der Waals surface area contributed by atoms with Gasteiger partial charge in [-0.1, -0.05) is 41.9 Å². The third kappa shape index (κ3) is 4.83. The molecule has 0 aliphatic heterocycles. The lowest BCUT2D eigenvalue weighted by atomic mass is 10.2. The molecular formula is C17H21BrN2O. The third-order valence-electron chi connectivity index (χ3n) is 3.07. The summed E-state index contributed by atoms with van der Waals surface area (Å²) in [5.74, 6) is 2.11. The second-order valence-corrected chi connectivity index (χ2v) is 6.42. The maximum atomic E-state index is 6.00. The van der Waals surface area contributed by atoms with Crippen molar-refractivity contribution in [2.75, 3.05) is 6.54 Å². The molecule has 4 heteroatoms. The molecule has 0 fully saturated rings. The zero-order valence-corrected chi connectivity index (χ0v) is 14.3. The quantitative estimate of drug-likeness (QED) is 0.822. The van der Waals surface area contributed by atoms with Crippen molar-refractivity contribution in [2.24, 2.45) is 5.92 Å². The maximum Gasteiger partial charge on any atom is 0.223 e. The lowest BCUT2D eigenvalue weighted by molar-refractivity contribution is 0.447. The van der Waals surface area contributed by atoms with Crippen molar-refractivity contribution >= 4 is 15.9 Å². The Morgan fingerprint density at radius 3 is 2.86 bits per heavy atom. The highest BCUT2D eigenvalue weighted by atomic mass is 79.9. The molecule has 3 nitrogen and oxygen atoms in total. The van der Waals surface area contributed by atoms with E-state index < -0.39 is 0 Å². The Kier molecular flexibility index (Phi) is 5.76. The van der Waals surface area contributed by atoms with E-state index in [1.54, 1.807) is 6.20 Å². The van der Waals surface area contributed by atoms with Gasteiger partial charge in [-0.25, -0.2) is 4.98 Å². The summed E-state index contributed by atoms with van der Waals surface area (Å²) in [5, 5.41) is 3.42. The molecule has 0 unspecified atom stereocenters. The van der Waals surface area contributed by atoms with Gasteiger partial charge in [0.05, 0.1) is 0 Å². The predicted octanol–water partition coefficient (Wildman–Crippen LogP) is 4.69. The molecule has 0 spiro atoms. The van der Waals surface area contributed by atoms with Gasteiger partial charge < -0.3 is 10.1 Å². The fraction of sp³-hybridized carbons (Fsp3) is 0.353. The summed E-state index contributed by atoms with van der Waals surface area (Å²) < 4.78 is 7.00. The number of nitrogens with one attached hydrogen (secondary N) is 1. The minimum Gasteiger partial charge on any atom is -0.438 e. The number of halogens is 1. The largest absolute Gasteiger partial charge is 0.438 e. The van der Waals surface area contributed by atoms with Crippen LogP contribution in [0.25, 0.3) is 0 Å². The van der Waals surface area contributed by atoms with Crippen molar-refractivity contribution < 1.29 is 4.74 Å². The molecule has 112 valence electrons. The highest BCUT2D eigenvalue weighted by Crippen LogP contribution is 2.28. The molecule has 0 radical (unpaired) electrons. The first-order valence-corrected chi connectivity index (χ1v) is 7.94. The second kappa shape index (κ2) is 7.57. The van der Waals surface area contributed by atoms with Crippen molar-refractivity contribution in [1.82, 2.24) is 10.3 Å². The van der Waals surface area contributed by atoms with Crippen molar-refractivity contribution in [1.29, 1.82) is 0 Å². The van der Waals surface area contributed by atoms with Crippen LogP contribution in [0.1, 0.15) is 25.0 Å². The molecule has 0 amide bonds. The van der Waals surface area contributed by atoms with Crippen molar-refractivity contribution in [3.05, 3.63) is 52.1 Å². The molecule has 1 heterocycles. The van der Waals surface area contributed by atoms with Crippen LogP contribution in [0.3, 0.4) is 0 Å². The van der Waals surface area contributed by atoms with Crippen molar-refractivity contribution in [3.63, 3.8) is 0 Å². The summed E-state index contributed by atoms with van der Waals surface area (Å²) in [5.41, 5.74) is 2.16. The number of rotatable bonds is 6. The van der Waals surface area contributed by atoms with Gasteiger partial charge in [-0.3, -0.25) is 0 Å². The zero-order chi connectivity index (χ0) is 15.2. The number of hydrogen-bond donors (Lipinski definition) is 1. The number of aromatic nitrogens is 1. The summed E-state index contributed by atoms with van der Waals surface area (Å²) in [6.45, 7) is 8.15. The van der Waals surface area contributed by atoms with Gasteiger partial charge >= 0.3 is 0 Å². The molecule has 1 N–H and O–H groups in total. The van der Waals surface area contributed by atoms with Gasteiger partial charge in [-0.2, -0.15) is 0 Å². The average molecular weight is 349 g/mol. The van der Waals surface area contributed by atoms with Crippen LogP contribution in [0.4, 0.5) is 0 Å². The molecule has 0 bridgehead atoms. The Bertz CT molecular complexity index is 599. The number of ether oxygens (including phenoxy) is 1. The van der Waals surface area contributed by atoms with Crippen molar-refractivity contribution in [2.45, 2.75) is 27.3 Å². The molecule has 0 aliphatic rings. The van der Waals surface area contributed by atoms with E-state index in [0.717, 1.165) is 34.4 Å². The van der Waals surface area contributed by atoms with Gasteiger partial charge in [0.15, 0.2) is 0 Å². The smallest absolute Gasteiger partial charge is 0.223 e. The zero-order valence-electron chi connectivity index (χ0n) is 12.7. The summed E-state index contributed by atoms with van der Waals surface area (Å²) in [7, 11) is 0. The fourth-order valence-corrected chi connectivity index (χ4v) is 2.27. The van der Waals surface area contributed by atoms with Crippen LogP contribution in [0.15, 0.2) is 41.0 Å². The monoisotopic (exact) mass is 348 g/mol. The molecule has 0 saturated carbocycles. The van der Waals surface area contributed by atoms with Crippen LogP contribution in [0, 0.1) is 12.8 Å². The Balaban J connectivity index is 2.14. The molecule has 0 saturated heterocycles. The van der Waals surface area contributed by atoms with Gasteiger partial charge in [-0.05, 0) is 43.1 Å². The average Bonchev–Trinajstić information content (AvgIpc) is 2.44. The van der Waals surface area contributed by atoms with E-state index in [9.17, 15) is 0 Å². The number of aryl methyl sites for hydroxylation is 1. The van der Waals surface area contributed by atoms with E-state index in [0.29, 0.717) is 11.8 Å². The Hall–Kier alpha value is -1.39. The molecule has 2 aromatic rings. The van der Waals surface area contributed by atoms with Crippen LogP contribution in [0.5, 0.6) is 11.6 Å². The third-order valence-corrected chi connectivity index (χ3v) is 3.57. The summed E-state index contributed by atoms with van der Waals surface area (Å²) in [6, 6.07) is 9.98. The highest BCUT2D eigenvalue weighted by Gasteiger charge is 2.08. The maximum absolute atomic E-state index is 6.00. The lowest BCUT2D eigenvalue weighted by Crippen LogP contribution is -2.19. The van der Waals surface area contributed by atoms with Crippen molar-refractivity contribution in [3.8, 4) is 11.6 Å². The minimum atomic E-state index is 0.623. The Labute approximate surface area is 134 Å². The lowest BCUT2D eigenvalue weighted by Gasteiger charge is -2.13. The fourth-order valence-electron chi connectivity index (χ4n) is 1.93. The summed E-state index contributed by atoms with van der Waals surface area (Å²) in [6.07, 6.45) is 1.76. The van der Waals surface area contributed by atoms with E-state index in [-0.39, 0.29) is 0 Å². The number of pyridine rings is 1. The Morgan fingerprint density at radius 1 is 1.29 bits per heavy atom. The van der Waals surface area contributed by atoms with E-state index in [1.165, 1.54) is 0 Å². The van der Waals surface area contributed by atoms with E-state index in [4.69, 9.17) is 4.74 Å². The van der Waals surface area contributed by atoms with E-state index in [2.05, 4.69) is 40.1 Å². The first-order chi connectivity index (χ1) is 10.1. The minimum absolute atomic E-state index is 0.623.